The molecule has 112 valence electrons. The summed E-state index contributed by atoms with van der Waals surface area (Å²) in [6.07, 6.45) is 3.23. The monoisotopic (exact) mass is 299 g/mol. The molecule has 1 aliphatic carbocycles. The molecule has 0 radical (unpaired) electrons. The zero-order valence-electron chi connectivity index (χ0n) is 11.5. The second-order valence-electron chi connectivity index (χ2n) is 5.10. The minimum Gasteiger partial charge on any atom is -0.378 e. The maximum Gasteiger partial charge on any atom is 0.225 e. The van der Waals surface area contributed by atoms with Crippen LogP contribution in [0, 0.1) is 0 Å². The van der Waals surface area contributed by atoms with E-state index < -0.39 is 0 Å². The normalized spacial score (nSPS) is 18.6. The van der Waals surface area contributed by atoms with Crippen LogP contribution >= 0.6 is 12.4 Å². The lowest BCUT2D eigenvalue weighted by Crippen LogP contribution is -2.37. The van der Waals surface area contributed by atoms with E-state index in [-0.39, 0.29) is 12.4 Å². The van der Waals surface area contributed by atoms with E-state index >= 15 is 0 Å². The van der Waals surface area contributed by atoms with Gasteiger partial charge in [-0.3, -0.25) is 0 Å². The van der Waals surface area contributed by atoms with Crippen LogP contribution in [0.4, 0.5) is 11.8 Å². The fourth-order valence-electron chi connectivity index (χ4n) is 2.19. The zero-order chi connectivity index (χ0) is 13.1. The lowest BCUT2D eigenvalue weighted by atomic mass is 10.3. The molecule has 3 rings (SSSR count). The number of rotatable bonds is 5. The number of nitrogens with one attached hydrogen (secondary N) is 1. The van der Waals surface area contributed by atoms with E-state index in [1.54, 1.807) is 0 Å². The standard InChI is InChI=1S/C13H21N5O.ClH/c14-4-3-11-9-12(18-5-7-19-8-6-18)17-13(16-11)15-10-1-2-10;/h9-10H,1-8,14H2,(H,15,16,17);1H. The van der Waals surface area contributed by atoms with E-state index in [9.17, 15) is 0 Å². The van der Waals surface area contributed by atoms with Crippen LogP contribution in [-0.4, -0.2) is 48.9 Å². The Hall–Kier alpha value is -1.11. The molecule has 0 bridgehead atoms. The second kappa shape index (κ2) is 7.06. The number of ether oxygens (including phenoxy) is 1. The highest BCUT2D eigenvalue weighted by atomic mass is 35.5. The summed E-state index contributed by atoms with van der Waals surface area (Å²) in [6, 6.07) is 2.61. The van der Waals surface area contributed by atoms with Crippen molar-refractivity contribution in [2.45, 2.75) is 25.3 Å². The summed E-state index contributed by atoms with van der Waals surface area (Å²) in [6.45, 7) is 3.93. The van der Waals surface area contributed by atoms with E-state index in [0.717, 1.165) is 50.2 Å². The number of hydrogen-bond donors (Lipinski definition) is 2. The van der Waals surface area contributed by atoms with E-state index in [0.29, 0.717) is 12.6 Å². The fourth-order valence-corrected chi connectivity index (χ4v) is 2.19. The topological polar surface area (TPSA) is 76.3 Å². The first-order valence-electron chi connectivity index (χ1n) is 7.02. The van der Waals surface area contributed by atoms with Crippen molar-refractivity contribution in [1.29, 1.82) is 0 Å². The van der Waals surface area contributed by atoms with E-state index in [1.165, 1.54) is 12.8 Å². The van der Waals surface area contributed by atoms with Crippen molar-refractivity contribution in [2.24, 2.45) is 5.73 Å². The number of nitrogens with two attached hydrogens (primary N) is 1. The highest BCUT2D eigenvalue weighted by Gasteiger charge is 2.23. The van der Waals surface area contributed by atoms with Crippen LogP contribution in [0.5, 0.6) is 0 Å². The number of anilines is 2. The molecule has 1 aromatic rings. The highest BCUT2D eigenvalue weighted by Crippen LogP contribution is 2.24. The molecular formula is C13H22ClN5O. The summed E-state index contributed by atoms with van der Waals surface area (Å²) < 4.78 is 5.38. The van der Waals surface area contributed by atoms with Crippen LogP contribution in [0.2, 0.25) is 0 Å². The highest BCUT2D eigenvalue weighted by molar-refractivity contribution is 5.85. The Bertz CT molecular complexity index is 435. The minimum absolute atomic E-state index is 0. The predicted molar refractivity (Wildman–Crippen MR) is 81.7 cm³/mol. The molecule has 0 aromatic carbocycles. The van der Waals surface area contributed by atoms with Crippen molar-refractivity contribution < 1.29 is 4.74 Å². The second-order valence-corrected chi connectivity index (χ2v) is 5.10. The fraction of sp³-hybridized carbons (Fsp3) is 0.692. The summed E-state index contributed by atoms with van der Waals surface area (Å²) in [7, 11) is 0. The van der Waals surface area contributed by atoms with Crippen LogP contribution in [0.1, 0.15) is 18.5 Å². The Kier molecular flexibility index (Phi) is 5.39. The lowest BCUT2D eigenvalue weighted by Gasteiger charge is -2.28. The Morgan fingerprint density at radius 1 is 1.30 bits per heavy atom. The van der Waals surface area contributed by atoms with Gasteiger partial charge in [-0.25, -0.2) is 4.98 Å². The molecule has 20 heavy (non-hydrogen) atoms. The quantitative estimate of drug-likeness (QED) is 0.838. The zero-order valence-corrected chi connectivity index (χ0v) is 12.4. The van der Waals surface area contributed by atoms with Gasteiger partial charge in [0.05, 0.1) is 13.2 Å². The van der Waals surface area contributed by atoms with Gasteiger partial charge in [-0.1, -0.05) is 0 Å². The molecule has 6 nitrogen and oxygen atoms in total. The summed E-state index contributed by atoms with van der Waals surface area (Å²) in [5.41, 5.74) is 6.65. The molecule has 0 amide bonds. The van der Waals surface area contributed by atoms with Crippen LogP contribution in [-0.2, 0) is 11.2 Å². The summed E-state index contributed by atoms with van der Waals surface area (Å²) >= 11 is 0. The Morgan fingerprint density at radius 2 is 2.05 bits per heavy atom. The minimum atomic E-state index is 0. The van der Waals surface area contributed by atoms with Gasteiger partial charge in [-0.2, -0.15) is 4.98 Å². The van der Waals surface area contributed by atoms with Gasteiger partial charge in [0.15, 0.2) is 0 Å². The number of halogens is 1. The summed E-state index contributed by atoms with van der Waals surface area (Å²) in [5.74, 6) is 1.74. The van der Waals surface area contributed by atoms with Crippen molar-refractivity contribution in [3.63, 3.8) is 0 Å². The smallest absolute Gasteiger partial charge is 0.225 e. The summed E-state index contributed by atoms with van der Waals surface area (Å²) in [5, 5.41) is 3.37. The van der Waals surface area contributed by atoms with Crippen LogP contribution in [0.3, 0.4) is 0 Å². The van der Waals surface area contributed by atoms with Crippen molar-refractivity contribution in [3.8, 4) is 0 Å². The van der Waals surface area contributed by atoms with Gasteiger partial charge in [0.25, 0.3) is 0 Å². The van der Waals surface area contributed by atoms with Crippen molar-refractivity contribution in [3.05, 3.63) is 11.8 Å². The average Bonchev–Trinajstić information content (AvgIpc) is 3.24. The van der Waals surface area contributed by atoms with Crippen LogP contribution in [0.25, 0.3) is 0 Å². The van der Waals surface area contributed by atoms with Gasteiger partial charge in [0, 0.05) is 37.3 Å². The molecule has 1 saturated heterocycles. The van der Waals surface area contributed by atoms with Gasteiger partial charge in [0.2, 0.25) is 5.95 Å². The first-order chi connectivity index (χ1) is 9.35. The van der Waals surface area contributed by atoms with E-state index in [1.807, 2.05) is 0 Å². The number of aromatic nitrogens is 2. The Balaban J connectivity index is 0.00000147. The SMILES string of the molecule is Cl.NCCc1cc(N2CCOCC2)nc(NC2CC2)n1. The van der Waals surface area contributed by atoms with Gasteiger partial charge < -0.3 is 20.7 Å². The van der Waals surface area contributed by atoms with Gasteiger partial charge >= 0.3 is 0 Å². The molecule has 2 fully saturated rings. The molecule has 1 aromatic heterocycles. The molecule has 0 unspecified atom stereocenters. The van der Waals surface area contributed by atoms with E-state index in [4.69, 9.17) is 10.5 Å². The number of hydrogen-bond acceptors (Lipinski definition) is 6. The first kappa shape index (κ1) is 15.3. The maximum atomic E-state index is 5.64. The molecule has 2 heterocycles. The van der Waals surface area contributed by atoms with Crippen molar-refractivity contribution in [2.75, 3.05) is 43.1 Å². The largest absolute Gasteiger partial charge is 0.378 e. The molecule has 0 spiro atoms. The van der Waals surface area contributed by atoms with Crippen LogP contribution in [0.15, 0.2) is 6.07 Å². The molecule has 1 saturated carbocycles. The maximum absolute atomic E-state index is 5.64. The van der Waals surface area contributed by atoms with E-state index in [2.05, 4.69) is 26.3 Å². The van der Waals surface area contributed by atoms with Crippen molar-refractivity contribution in [1.82, 2.24) is 9.97 Å². The Labute approximate surface area is 125 Å². The molecule has 7 heteroatoms. The molecule has 2 aliphatic rings. The van der Waals surface area contributed by atoms with Gasteiger partial charge in [-0.05, 0) is 19.4 Å². The van der Waals surface area contributed by atoms with Gasteiger partial charge in [0.1, 0.15) is 5.82 Å². The van der Waals surface area contributed by atoms with Crippen molar-refractivity contribution >= 4 is 24.2 Å². The third-order valence-corrected chi connectivity index (χ3v) is 3.41. The lowest BCUT2D eigenvalue weighted by molar-refractivity contribution is 0.122. The molecule has 3 N–H and O–H groups in total. The molecule has 1 aliphatic heterocycles. The molecule has 0 atom stereocenters. The number of morpholine rings is 1. The third kappa shape index (κ3) is 3.94. The molecular weight excluding hydrogens is 278 g/mol. The van der Waals surface area contributed by atoms with Crippen LogP contribution < -0.4 is 16.0 Å². The average molecular weight is 300 g/mol. The summed E-state index contributed by atoms with van der Waals surface area (Å²) in [4.78, 5) is 11.4. The number of nitrogens with zero attached hydrogens (tertiary/aromatic N) is 3. The Morgan fingerprint density at radius 3 is 2.70 bits per heavy atom. The van der Waals surface area contributed by atoms with Gasteiger partial charge in [-0.15, -0.1) is 12.4 Å². The first-order valence-corrected chi connectivity index (χ1v) is 7.02. The predicted octanol–water partition coefficient (Wildman–Crippen LogP) is 0.810. The third-order valence-electron chi connectivity index (χ3n) is 3.41.